The fraction of sp³-hybridized carbons (Fsp3) is 0.391. The van der Waals surface area contributed by atoms with Crippen LogP contribution in [-0.2, 0) is 9.59 Å². The SMILES string of the molecule is CCN(CC)C(CNC(=O)C1CCC(=O)N1c1ccccc1)c1ccccc1. The molecule has 148 valence electrons. The molecule has 1 N–H and O–H groups in total. The molecule has 2 aromatic rings. The van der Waals surface area contributed by atoms with E-state index < -0.39 is 6.04 Å². The predicted molar refractivity (Wildman–Crippen MR) is 112 cm³/mol. The normalized spacial score (nSPS) is 17.8. The molecule has 0 saturated carbocycles. The lowest BCUT2D eigenvalue weighted by Gasteiger charge is -2.31. The van der Waals surface area contributed by atoms with Crippen molar-refractivity contribution in [3.63, 3.8) is 0 Å². The van der Waals surface area contributed by atoms with E-state index in [1.165, 1.54) is 5.56 Å². The summed E-state index contributed by atoms with van der Waals surface area (Å²) in [6, 6.07) is 19.4. The molecule has 1 heterocycles. The van der Waals surface area contributed by atoms with E-state index in [1.54, 1.807) is 4.90 Å². The van der Waals surface area contributed by atoms with Crippen LogP contribution in [-0.4, -0.2) is 42.4 Å². The van der Waals surface area contributed by atoms with E-state index in [1.807, 2.05) is 48.5 Å². The van der Waals surface area contributed by atoms with Crippen LogP contribution in [0.2, 0.25) is 0 Å². The fourth-order valence-electron chi connectivity index (χ4n) is 3.96. The molecule has 0 spiro atoms. The first-order valence-electron chi connectivity index (χ1n) is 10.1. The number of carbonyl (C=O) groups is 2. The standard InChI is InChI=1S/C23H29N3O2/c1-3-25(4-2)21(18-11-7-5-8-12-18)17-24-23(28)20-15-16-22(27)26(20)19-13-9-6-10-14-19/h5-14,20-21H,3-4,15-17H2,1-2H3,(H,24,28). The first-order valence-corrected chi connectivity index (χ1v) is 10.1. The van der Waals surface area contributed by atoms with Crippen LogP contribution in [0.1, 0.15) is 38.3 Å². The molecule has 2 amide bonds. The molecule has 1 aliphatic rings. The maximum absolute atomic E-state index is 13.0. The van der Waals surface area contributed by atoms with Gasteiger partial charge in [-0.15, -0.1) is 0 Å². The van der Waals surface area contributed by atoms with Gasteiger partial charge >= 0.3 is 0 Å². The van der Waals surface area contributed by atoms with Gasteiger partial charge in [0.15, 0.2) is 0 Å². The highest BCUT2D eigenvalue weighted by molar-refractivity contribution is 6.03. The minimum atomic E-state index is -0.442. The predicted octanol–water partition coefficient (Wildman–Crippen LogP) is 3.38. The van der Waals surface area contributed by atoms with Gasteiger partial charge in [-0.1, -0.05) is 62.4 Å². The minimum absolute atomic E-state index is 0.00898. The van der Waals surface area contributed by atoms with Crippen molar-refractivity contribution in [3.8, 4) is 0 Å². The molecule has 1 aliphatic heterocycles. The maximum Gasteiger partial charge on any atom is 0.243 e. The van der Waals surface area contributed by atoms with Crippen molar-refractivity contribution in [2.45, 2.75) is 38.8 Å². The van der Waals surface area contributed by atoms with E-state index in [-0.39, 0.29) is 17.9 Å². The second-order valence-corrected chi connectivity index (χ2v) is 7.05. The number of amides is 2. The smallest absolute Gasteiger partial charge is 0.243 e. The molecular formula is C23H29N3O2. The number of hydrogen-bond acceptors (Lipinski definition) is 3. The average Bonchev–Trinajstić information content (AvgIpc) is 3.13. The first kappa shape index (κ1) is 20.1. The molecule has 5 heteroatoms. The zero-order valence-electron chi connectivity index (χ0n) is 16.7. The number of likely N-dealkylation sites (N-methyl/N-ethyl adjacent to an activating group) is 1. The average molecular weight is 380 g/mol. The van der Waals surface area contributed by atoms with Gasteiger partial charge in [0.1, 0.15) is 6.04 Å². The van der Waals surface area contributed by atoms with Crippen LogP contribution in [0.4, 0.5) is 5.69 Å². The molecule has 1 fully saturated rings. The Hall–Kier alpha value is -2.66. The third kappa shape index (κ3) is 4.42. The highest BCUT2D eigenvalue weighted by Crippen LogP contribution is 2.27. The molecule has 28 heavy (non-hydrogen) atoms. The van der Waals surface area contributed by atoms with Crippen molar-refractivity contribution in [3.05, 3.63) is 66.2 Å². The van der Waals surface area contributed by atoms with Crippen LogP contribution in [0.5, 0.6) is 0 Å². The third-order valence-electron chi connectivity index (χ3n) is 5.46. The Morgan fingerprint density at radius 2 is 1.68 bits per heavy atom. The zero-order chi connectivity index (χ0) is 19.9. The molecule has 0 bridgehead atoms. The summed E-state index contributed by atoms with van der Waals surface area (Å²) in [5, 5.41) is 3.12. The second-order valence-electron chi connectivity index (χ2n) is 7.05. The van der Waals surface area contributed by atoms with Gasteiger partial charge in [-0.3, -0.25) is 19.4 Å². The summed E-state index contributed by atoms with van der Waals surface area (Å²) >= 11 is 0. The van der Waals surface area contributed by atoms with Gasteiger partial charge in [0.25, 0.3) is 0 Å². The monoisotopic (exact) mass is 379 g/mol. The van der Waals surface area contributed by atoms with E-state index in [9.17, 15) is 9.59 Å². The molecular weight excluding hydrogens is 350 g/mol. The Kier molecular flexibility index (Phi) is 6.82. The Morgan fingerprint density at radius 1 is 1.07 bits per heavy atom. The molecule has 2 unspecified atom stereocenters. The van der Waals surface area contributed by atoms with E-state index in [0.29, 0.717) is 19.4 Å². The Morgan fingerprint density at radius 3 is 2.29 bits per heavy atom. The third-order valence-corrected chi connectivity index (χ3v) is 5.46. The lowest BCUT2D eigenvalue weighted by molar-refractivity contribution is -0.124. The second kappa shape index (κ2) is 9.51. The number of hydrogen-bond donors (Lipinski definition) is 1. The van der Waals surface area contributed by atoms with Gasteiger partial charge in [-0.25, -0.2) is 0 Å². The summed E-state index contributed by atoms with van der Waals surface area (Å²) in [4.78, 5) is 29.4. The summed E-state index contributed by atoms with van der Waals surface area (Å²) in [7, 11) is 0. The van der Waals surface area contributed by atoms with Crippen LogP contribution in [0, 0.1) is 0 Å². The van der Waals surface area contributed by atoms with Crippen molar-refractivity contribution in [1.29, 1.82) is 0 Å². The Bertz CT molecular complexity index is 775. The van der Waals surface area contributed by atoms with Crippen LogP contribution in [0.3, 0.4) is 0 Å². The van der Waals surface area contributed by atoms with E-state index >= 15 is 0 Å². The Balaban J connectivity index is 1.72. The molecule has 2 aromatic carbocycles. The van der Waals surface area contributed by atoms with E-state index in [0.717, 1.165) is 18.8 Å². The molecule has 0 aliphatic carbocycles. The van der Waals surface area contributed by atoms with Crippen molar-refractivity contribution >= 4 is 17.5 Å². The van der Waals surface area contributed by atoms with Gasteiger partial charge in [0.05, 0.1) is 6.04 Å². The number of nitrogens with one attached hydrogen (secondary N) is 1. The maximum atomic E-state index is 13.0. The number of carbonyl (C=O) groups excluding carboxylic acids is 2. The van der Waals surface area contributed by atoms with Crippen molar-refractivity contribution < 1.29 is 9.59 Å². The van der Waals surface area contributed by atoms with Crippen molar-refractivity contribution in [2.24, 2.45) is 0 Å². The fourth-order valence-corrected chi connectivity index (χ4v) is 3.96. The number of para-hydroxylation sites is 1. The number of anilines is 1. The van der Waals surface area contributed by atoms with Gasteiger partial charge < -0.3 is 5.32 Å². The minimum Gasteiger partial charge on any atom is -0.352 e. The summed E-state index contributed by atoms with van der Waals surface area (Å²) in [5.41, 5.74) is 1.97. The summed E-state index contributed by atoms with van der Waals surface area (Å²) < 4.78 is 0. The van der Waals surface area contributed by atoms with Crippen LogP contribution < -0.4 is 10.2 Å². The van der Waals surface area contributed by atoms with Gasteiger partial charge in [-0.2, -0.15) is 0 Å². The quantitative estimate of drug-likeness (QED) is 0.765. The molecule has 2 atom stereocenters. The number of benzene rings is 2. The molecule has 3 rings (SSSR count). The van der Waals surface area contributed by atoms with Gasteiger partial charge in [-0.05, 0) is 37.2 Å². The van der Waals surface area contributed by atoms with E-state index in [2.05, 4.69) is 36.2 Å². The topological polar surface area (TPSA) is 52.7 Å². The van der Waals surface area contributed by atoms with Gasteiger partial charge in [0, 0.05) is 18.7 Å². The lowest BCUT2D eigenvalue weighted by Crippen LogP contribution is -2.47. The Labute approximate surface area is 167 Å². The van der Waals surface area contributed by atoms with Crippen molar-refractivity contribution in [2.75, 3.05) is 24.5 Å². The zero-order valence-corrected chi connectivity index (χ0v) is 16.7. The lowest BCUT2D eigenvalue weighted by atomic mass is 10.0. The molecule has 1 saturated heterocycles. The molecule has 0 aromatic heterocycles. The summed E-state index contributed by atoms with van der Waals surface area (Å²) in [6.07, 6.45) is 0.964. The molecule has 5 nitrogen and oxygen atoms in total. The van der Waals surface area contributed by atoms with Crippen LogP contribution in [0.15, 0.2) is 60.7 Å². The van der Waals surface area contributed by atoms with E-state index in [4.69, 9.17) is 0 Å². The van der Waals surface area contributed by atoms with Crippen LogP contribution >= 0.6 is 0 Å². The summed E-state index contributed by atoms with van der Waals surface area (Å²) in [6.45, 7) is 6.61. The first-order chi connectivity index (χ1) is 13.7. The summed E-state index contributed by atoms with van der Waals surface area (Å²) in [5.74, 6) is -0.0718. The van der Waals surface area contributed by atoms with Crippen molar-refractivity contribution in [1.82, 2.24) is 10.2 Å². The highest BCUT2D eigenvalue weighted by Gasteiger charge is 2.37. The largest absolute Gasteiger partial charge is 0.352 e. The van der Waals surface area contributed by atoms with Crippen LogP contribution in [0.25, 0.3) is 0 Å². The van der Waals surface area contributed by atoms with Gasteiger partial charge in [0.2, 0.25) is 11.8 Å². The highest BCUT2D eigenvalue weighted by atomic mass is 16.2. The number of nitrogens with zero attached hydrogens (tertiary/aromatic N) is 2. The molecule has 0 radical (unpaired) electrons. The number of rotatable bonds is 8.